The summed E-state index contributed by atoms with van der Waals surface area (Å²) in [5.74, 6) is 2.23. The molecule has 3 N–H and O–H groups in total. The van der Waals surface area contributed by atoms with Crippen molar-refractivity contribution in [1.82, 2.24) is 15.3 Å². The van der Waals surface area contributed by atoms with E-state index in [9.17, 15) is 19.6 Å². The standard InChI is InChI=1S/C23H18FN5O2S/c1-2-20-28-19(12-32-20)29-22(31)27-18(11-30)15-5-3-14(4-6-15)17-9-16(24)10-26-21(17)23(13-25)7-8-23/h1,3-6,9-10,12,18,30H,7-8,11H2,(H2,27,29,31). The van der Waals surface area contributed by atoms with Crippen LogP contribution in [0.25, 0.3) is 11.1 Å². The van der Waals surface area contributed by atoms with Gasteiger partial charge in [-0.05, 0) is 36.0 Å². The van der Waals surface area contributed by atoms with Crippen LogP contribution in [-0.4, -0.2) is 27.7 Å². The molecule has 2 aromatic heterocycles. The van der Waals surface area contributed by atoms with Gasteiger partial charge in [0, 0.05) is 10.9 Å². The number of amides is 2. The Morgan fingerprint density at radius 1 is 1.38 bits per heavy atom. The van der Waals surface area contributed by atoms with Crippen LogP contribution in [0, 0.1) is 29.5 Å². The number of aliphatic hydroxyl groups excluding tert-OH is 1. The number of rotatable bonds is 6. The van der Waals surface area contributed by atoms with E-state index in [1.807, 2.05) is 0 Å². The smallest absolute Gasteiger partial charge is 0.320 e. The summed E-state index contributed by atoms with van der Waals surface area (Å²) in [6.45, 7) is -0.330. The maximum Gasteiger partial charge on any atom is 0.320 e. The number of aromatic nitrogens is 2. The SMILES string of the molecule is C#Cc1nc(NC(=O)NC(CO)c2ccc(-c3cc(F)cnc3C3(C#N)CC3)cc2)cs1. The summed E-state index contributed by atoms with van der Waals surface area (Å²) in [4.78, 5) is 20.5. The van der Waals surface area contributed by atoms with Crippen LogP contribution in [0.4, 0.5) is 15.0 Å². The lowest BCUT2D eigenvalue weighted by Crippen LogP contribution is -2.34. The van der Waals surface area contributed by atoms with E-state index in [-0.39, 0.29) is 6.61 Å². The predicted octanol–water partition coefficient (Wildman–Crippen LogP) is 3.74. The van der Waals surface area contributed by atoms with Crippen LogP contribution >= 0.6 is 11.3 Å². The van der Waals surface area contributed by atoms with Gasteiger partial charge in [-0.3, -0.25) is 10.3 Å². The van der Waals surface area contributed by atoms with Crippen LogP contribution in [0.2, 0.25) is 0 Å². The highest BCUT2D eigenvalue weighted by molar-refractivity contribution is 7.10. The summed E-state index contributed by atoms with van der Waals surface area (Å²) >= 11 is 1.23. The zero-order chi connectivity index (χ0) is 22.7. The van der Waals surface area contributed by atoms with E-state index < -0.39 is 23.3 Å². The third-order valence-electron chi connectivity index (χ3n) is 5.25. The Morgan fingerprint density at radius 3 is 2.72 bits per heavy atom. The number of hydrogen-bond donors (Lipinski definition) is 3. The molecule has 1 fully saturated rings. The number of nitriles is 1. The quantitative estimate of drug-likeness (QED) is 0.499. The second kappa shape index (κ2) is 8.75. The highest BCUT2D eigenvalue weighted by Crippen LogP contribution is 2.49. The number of halogens is 1. The first-order chi connectivity index (χ1) is 15.5. The van der Waals surface area contributed by atoms with Gasteiger partial charge in [-0.2, -0.15) is 5.26 Å². The molecule has 1 aromatic carbocycles. The summed E-state index contributed by atoms with van der Waals surface area (Å²) < 4.78 is 13.9. The zero-order valence-electron chi connectivity index (χ0n) is 16.8. The summed E-state index contributed by atoms with van der Waals surface area (Å²) in [7, 11) is 0. The van der Waals surface area contributed by atoms with Crippen molar-refractivity contribution in [2.45, 2.75) is 24.3 Å². The number of urea groups is 1. The lowest BCUT2D eigenvalue weighted by molar-refractivity contribution is 0.225. The number of anilines is 1. The summed E-state index contributed by atoms with van der Waals surface area (Å²) in [6, 6.07) is 9.44. The van der Waals surface area contributed by atoms with Crippen LogP contribution < -0.4 is 10.6 Å². The molecule has 0 aliphatic heterocycles. The molecule has 1 aliphatic rings. The van der Waals surface area contributed by atoms with Gasteiger partial charge < -0.3 is 10.4 Å². The normalized spacial score (nSPS) is 14.6. The lowest BCUT2D eigenvalue weighted by atomic mass is 9.93. The summed E-state index contributed by atoms with van der Waals surface area (Å²) in [5, 5.41) is 26.6. The summed E-state index contributed by atoms with van der Waals surface area (Å²) in [5.41, 5.74) is 1.82. The first-order valence-electron chi connectivity index (χ1n) is 9.76. The molecule has 4 rings (SSSR count). The van der Waals surface area contributed by atoms with Gasteiger partial charge in [-0.15, -0.1) is 17.8 Å². The number of pyridine rings is 1. The number of terminal acetylenes is 1. The molecular weight excluding hydrogens is 429 g/mol. The number of nitrogens with one attached hydrogen (secondary N) is 2. The van der Waals surface area contributed by atoms with Crippen molar-refractivity contribution in [2.24, 2.45) is 0 Å². The van der Waals surface area contributed by atoms with E-state index in [4.69, 9.17) is 6.42 Å². The van der Waals surface area contributed by atoms with Crippen molar-refractivity contribution < 1.29 is 14.3 Å². The molecule has 0 spiro atoms. The number of thiazole rings is 1. The molecule has 1 atom stereocenters. The van der Waals surface area contributed by atoms with E-state index in [2.05, 4.69) is 32.6 Å². The number of hydrogen-bond acceptors (Lipinski definition) is 6. The Morgan fingerprint density at radius 2 is 2.12 bits per heavy atom. The van der Waals surface area contributed by atoms with E-state index in [1.54, 1.807) is 29.6 Å². The first kappa shape index (κ1) is 21.4. The van der Waals surface area contributed by atoms with E-state index in [0.717, 1.165) is 6.20 Å². The molecule has 0 bridgehead atoms. The van der Waals surface area contributed by atoms with Gasteiger partial charge in [0.05, 0.1) is 30.6 Å². The molecule has 0 radical (unpaired) electrons. The molecule has 7 nitrogen and oxygen atoms in total. The van der Waals surface area contributed by atoms with Crippen molar-refractivity contribution in [3.63, 3.8) is 0 Å². The largest absolute Gasteiger partial charge is 0.394 e. The molecule has 2 heterocycles. The molecule has 160 valence electrons. The maximum absolute atomic E-state index is 13.9. The average molecular weight is 447 g/mol. The minimum Gasteiger partial charge on any atom is -0.394 e. The number of benzene rings is 1. The minimum atomic E-state index is -0.672. The summed E-state index contributed by atoms with van der Waals surface area (Å²) in [6.07, 6.45) is 7.79. The third kappa shape index (κ3) is 4.30. The van der Waals surface area contributed by atoms with E-state index in [1.165, 1.54) is 17.4 Å². The number of nitrogens with zero attached hydrogens (tertiary/aromatic N) is 3. The number of carbonyl (C=O) groups is 1. The lowest BCUT2D eigenvalue weighted by Gasteiger charge is -2.18. The number of carbonyl (C=O) groups excluding carboxylic acids is 1. The van der Waals surface area contributed by atoms with Crippen LogP contribution in [-0.2, 0) is 5.41 Å². The fourth-order valence-corrected chi connectivity index (χ4v) is 3.96. The maximum atomic E-state index is 13.9. The van der Waals surface area contributed by atoms with Gasteiger partial charge >= 0.3 is 6.03 Å². The molecule has 2 amide bonds. The van der Waals surface area contributed by atoms with Gasteiger partial charge in [-0.25, -0.2) is 14.2 Å². The molecule has 3 aromatic rings. The van der Waals surface area contributed by atoms with Crippen molar-refractivity contribution in [3.05, 3.63) is 64.0 Å². The third-order valence-corrected chi connectivity index (χ3v) is 6.03. The van der Waals surface area contributed by atoms with Gasteiger partial charge in [-0.1, -0.05) is 24.3 Å². The van der Waals surface area contributed by atoms with E-state index >= 15 is 0 Å². The van der Waals surface area contributed by atoms with Crippen molar-refractivity contribution in [1.29, 1.82) is 5.26 Å². The molecule has 32 heavy (non-hydrogen) atoms. The van der Waals surface area contributed by atoms with Gasteiger partial charge in [0.15, 0.2) is 5.01 Å². The Balaban J connectivity index is 1.52. The van der Waals surface area contributed by atoms with Gasteiger partial charge in [0.25, 0.3) is 0 Å². The Kier molecular flexibility index (Phi) is 5.87. The van der Waals surface area contributed by atoms with Crippen LogP contribution in [0.1, 0.15) is 35.1 Å². The van der Waals surface area contributed by atoms with Gasteiger partial charge in [0.1, 0.15) is 17.1 Å². The van der Waals surface area contributed by atoms with Crippen LogP contribution in [0.5, 0.6) is 0 Å². The van der Waals surface area contributed by atoms with E-state index in [0.29, 0.717) is 46.1 Å². The van der Waals surface area contributed by atoms with Crippen molar-refractivity contribution in [3.8, 4) is 29.5 Å². The topological polar surface area (TPSA) is 111 Å². The molecule has 0 saturated heterocycles. The first-order valence-corrected chi connectivity index (χ1v) is 10.6. The van der Waals surface area contributed by atoms with Crippen molar-refractivity contribution in [2.75, 3.05) is 11.9 Å². The highest BCUT2D eigenvalue weighted by Gasteiger charge is 2.48. The molecule has 1 unspecified atom stereocenters. The monoisotopic (exact) mass is 447 g/mol. The molecule has 1 saturated carbocycles. The Bertz CT molecular complexity index is 1240. The van der Waals surface area contributed by atoms with Crippen molar-refractivity contribution >= 4 is 23.2 Å². The second-order valence-corrected chi connectivity index (χ2v) is 8.24. The average Bonchev–Trinajstić information content (AvgIpc) is 3.48. The van der Waals surface area contributed by atoms with Crippen LogP contribution in [0.15, 0.2) is 41.9 Å². The zero-order valence-corrected chi connectivity index (χ0v) is 17.6. The van der Waals surface area contributed by atoms with Crippen LogP contribution in [0.3, 0.4) is 0 Å². The second-order valence-electron chi connectivity index (χ2n) is 7.38. The highest BCUT2D eigenvalue weighted by atomic mass is 32.1. The fraction of sp³-hybridized carbons (Fsp3) is 0.217. The predicted molar refractivity (Wildman–Crippen MR) is 118 cm³/mol. The Labute approximate surface area is 188 Å². The molecule has 9 heteroatoms. The number of aliphatic hydroxyl groups is 1. The minimum absolute atomic E-state index is 0.324. The molecular formula is C23H18FN5O2S. The van der Waals surface area contributed by atoms with Gasteiger partial charge in [0.2, 0.25) is 0 Å². The molecule has 1 aliphatic carbocycles. The Hall–Kier alpha value is -3.79. The fourth-order valence-electron chi connectivity index (χ4n) is 3.40.